The molecule has 0 radical (unpaired) electrons. The van der Waals surface area contributed by atoms with E-state index in [1.807, 2.05) is 0 Å². The van der Waals surface area contributed by atoms with E-state index in [2.05, 4.69) is 5.10 Å². The number of aryl methyl sites for hydroxylation is 1. The Balaban J connectivity index is 2.24. The van der Waals surface area contributed by atoms with E-state index in [0.717, 1.165) is 4.68 Å². The van der Waals surface area contributed by atoms with Crippen LogP contribution in [0, 0.1) is 5.92 Å². The minimum Gasteiger partial charge on any atom is -0.263 e. The first-order valence-corrected chi connectivity index (χ1v) is 5.34. The van der Waals surface area contributed by atoms with Crippen LogP contribution >= 0.6 is 0 Å². The zero-order valence-electron chi connectivity index (χ0n) is 8.85. The topological polar surface area (TPSA) is 17.8 Å². The molecule has 0 aliphatic heterocycles. The molecule has 2 aliphatic rings. The van der Waals surface area contributed by atoms with Crippen LogP contribution in [-0.2, 0) is 18.6 Å². The van der Waals surface area contributed by atoms with Crippen LogP contribution in [-0.4, -0.2) is 9.78 Å². The summed E-state index contributed by atoms with van der Waals surface area (Å²) in [6, 6.07) is 0. The number of nitrogens with zero attached hydrogens (tertiary/aromatic N) is 2. The van der Waals surface area contributed by atoms with Gasteiger partial charge in [-0.25, -0.2) is 0 Å². The predicted octanol–water partition coefficient (Wildman–Crippen LogP) is 3.13. The van der Waals surface area contributed by atoms with E-state index < -0.39 is 35.3 Å². The molecule has 17 heavy (non-hydrogen) atoms. The van der Waals surface area contributed by atoms with Crippen LogP contribution in [0.3, 0.4) is 0 Å². The summed E-state index contributed by atoms with van der Waals surface area (Å²) >= 11 is 0. The standard InChI is InChI=1S/C10H9F5N2/c1-2-17-8-6(7(16-17)10(13,14)15)4-3-5(4)9(8,11)12/h4-5H,2-3H2,1H3. The summed E-state index contributed by atoms with van der Waals surface area (Å²) in [5.41, 5.74) is -1.91. The molecule has 0 amide bonds. The highest BCUT2D eigenvalue weighted by molar-refractivity contribution is 5.46. The fourth-order valence-electron chi connectivity index (χ4n) is 2.71. The molecule has 0 bridgehead atoms. The van der Waals surface area contributed by atoms with E-state index in [1.165, 1.54) is 6.92 Å². The van der Waals surface area contributed by atoms with Crippen molar-refractivity contribution in [3.05, 3.63) is 17.0 Å². The summed E-state index contributed by atoms with van der Waals surface area (Å²) in [6.07, 6.45) is -4.52. The maximum atomic E-state index is 13.8. The molecule has 1 saturated carbocycles. The van der Waals surface area contributed by atoms with Crippen LogP contribution in [0.15, 0.2) is 0 Å². The molecule has 3 rings (SSSR count). The minimum absolute atomic E-state index is 0.0213. The van der Waals surface area contributed by atoms with Crippen molar-refractivity contribution in [1.29, 1.82) is 0 Å². The molecule has 2 aliphatic carbocycles. The largest absolute Gasteiger partial charge is 0.435 e. The van der Waals surface area contributed by atoms with Crippen LogP contribution < -0.4 is 0 Å². The van der Waals surface area contributed by atoms with E-state index >= 15 is 0 Å². The Morgan fingerprint density at radius 2 is 2.06 bits per heavy atom. The Bertz CT molecular complexity index is 488. The molecule has 1 heterocycles. The lowest BCUT2D eigenvalue weighted by molar-refractivity contribution is -0.142. The highest BCUT2D eigenvalue weighted by Crippen LogP contribution is 2.68. The molecule has 7 heteroatoms. The average Bonchev–Trinajstić information content (AvgIpc) is 2.83. The number of fused-ring (bicyclic) bond motifs is 3. The molecule has 0 aromatic carbocycles. The first-order chi connectivity index (χ1) is 7.78. The lowest BCUT2D eigenvalue weighted by Gasteiger charge is -2.14. The van der Waals surface area contributed by atoms with Crippen LogP contribution in [0.5, 0.6) is 0 Å². The van der Waals surface area contributed by atoms with Gasteiger partial charge in [-0.3, -0.25) is 4.68 Å². The summed E-state index contributed by atoms with van der Waals surface area (Å²) in [5, 5.41) is 3.31. The monoisotopic (exact) mass is 252 g/mol. The third kappa shape index (κ3) is 1.22. The van der Waals surface area contributed by atoms with Crippen LogP contribution in [0.25, 0.3) is 0 Å². The van der Waals surface area contributed by atoms with Gasteiger partial charge in [-0.2, -0.15) is 27.1 Å². The van der Waals surface area contributed by atoms with Crippen LogP contribution in [0.1, 0.15) is 36.2 Å². The van der Waals surface area contributed by atoms with E-state index in [-0.39, 0.29) is 18.5 Å². The third-order valence-corrected chi connectivity index (χ3v) is 3.50. The zero-order valence-corrected chi connectivity index (χ0v) is 8.85. The van der Waals surface area contributed by atoms with Gasteiger partial charge in [-0.05, 0) is 19.3 Å². The van der Waals surface area contributed by atoms with Gasteiger partial charge in [-0.15, -0.1) is 0 Å². The number of rotatable bonds is 1. The lowest BCUT2D eigenvalue weighted by Crippen LogP contribution is -2.19. The highest BCUT2D eigenvalue weighted by Gasteiger charge is 2.68. The second kappa shape index (κ2) is 2.81. The molecule has 1 fully saturated rings. The van der Waals surface area contributed by atoms with Crippen LogP contribution in [0.2, 0.25) is 0 Å². The maximum Gasteiger partial charge on any atom is 0.435 e. The SMILES string of the molecule is CCn1nc(C(F)(F)F)c2c1C(F)(F)C1CC21. The second-order valence-electron chi connectivity index (χ2n) is 4.50. The smallest absolute Gasteiger partial charge is 0.263 e. The Kier molecular flexibility index (Phi) is 1.82. The number of halogens is 5. The van der Waals surface area contributed by atoms with Gasteiger partial charge in [0.15, 0.2) is 5.69 Å². The average molecular weight is 252 g/mol. The predicted molar refractivity (Wildman–Crippen MR) is 47.6 cm³/mol. The Hall–Kier alpha value is -1.14. The molecule has 2 atom stereocenters. The lowest BCUT2D eigenvalue weighted by atomic mass is 10.1. The zero-order chi connectivity index (χ0) is 12.6. The van der Waals surface area contributed by atoms with Gasteiger partial charge < -0.3 is 0 Å². The molecular weight excluding hydrogens is 243 g/mol. The minimum atomic E-state index is -4.65. The van der Waals surface area contributed by atoms with Gasteiger partial charge in [0, 0.05) is 18.0 Å². The van der Waals surface area contributed by atoms with E-state index in [1.54, 1.807) is 0 Å². The molecule has 1 aromatic heterocycles. The number of hydrogen-bond donors (Lipinski definition) is 0. The maximum absolute atomic E-state index is 13.8. The van der Waals surface area contributed by atoms with Crippen molar-refractivity contribution in [2.24, 2.45) is 5.92 Å². The number of hydrogen-bond acceptors (Lipinski definition) is 1. The van der Waals surface area contributed by atoms with Gasteiger partial charge >= 0.3 is 6.18 Å². The van der Waals surface area contributed by atoms with Crippen molar-refractivity contribution in [3.8, 4) is 0 Å². The number of aromatic nitrogens is 2. The Morgan fingerprint density at radius 1 is 1.41 bits per heavy atom. The molecule has 0 saturated heterocycles. The summed E-state index contributed by atoms with van der Waals surface area (Å²) in [7, 11) is 0. The number of alkyl halides is 5. The third-order valence-electron chi connectivity index (χ3n) is 3.50. The first-order valence-electron chi connectivity index (χ1n) is 5.34. The summed E-state index contributed by atoms with van der Waals surface area (Å²) in [6.45, 7) is 1.53. The van der Waals surface area contributed by atoms with Crippen molar-refractivity contribution in [2.75, 3.05) is 0 Å². The van der Waals surface area contributed by atoms with Crippen molar-refractivity contribution in [2.45, 2.75) is 37.9 Å². The Morgan fingerprint density at radius 3 is 2.59 bits per heavy atom. The van der Waals surface area contributed by atoms with Gasteiger partial charge in [0.1, 0.15) is 5.69 Å². The summed E-state index contributed by atoms with van der Waals surface area (Å²) in [5.74, 6) is -4.77. The fraction of sp³-hybridized carbons (Fsp3) is 0.700. The van der Waals surface area contributed by atoms with E-state index in [9.17, 15) is 22.0 Å². The first kappa shape index (κ1) is 11.0. The summed E-state index contributed by atoms with van der Waals surface area (Å²) in [4.78, 5) is 0. The second-order valence-corrected chi connectivity index (χ2v) is 4.50. The Labute approximate surface area is 93.4 Å². The fourth-order valence-corrected chi connectivity index (χ4v) is 2.71. The normalized spacial score (nSPS) is 29.1. The molecule has 94 valence electrons. The molecule has 0 spiro atoms. The molecule has 1 aromatic rings. The summed E-state index contributed by atoms with van der Waals surface area (Å²) < 4.78 is 66.5. The van der Waals surface area contributed by atoms with E-state index in [4.69, 9.17) is 0 Å². The van der Waals surface area contributed by atoms with Gasteiger partial charge in [0.05, 0.1) is 0 Å². The molecule has 0 N–H and O–H groups in total. The van der Waals surface area contributed by atoms with Gasteiger partial charge in [-0.1, -0.05) is 0 Å². The highest BCUT2D eigenvalue weighted by atomic mass is 19.4. The van der Waals surface area contributed by atoms with E-state index in [0.29, 0.717) is 0 Å². The van der Waals surface area contributed by atoms with Crippen molar-refractivity contribution in [1.82, 2.24) is 9.78 Å². The van der Waals surface area contributed by atoms with Crippen molar-refractivity contribution < 1.29 is 22.0 Å². The quantitative estimate of drug-likeness (QED) is 0.702. The molecule has 2 nitrogen and oxygen atoms in total. The van der Waals surface area contributed by atoms with Crippen molar-refractivity contribution in [3.63, 3.8) is 0 Å². The van der Waals surface area contributed by atoms with Crippen molar-refractivity contribution >= 4 is 0 Å². The molecule has 2 unspecified atom stereocenters. The van der Waals surface area contributed by atoms with Gasteiger partial charge in [0.2, 0.25) is 0 Å². The van der Waals surface area contributed by atoms with Gasteiger partial charge in [0.25, 0.3) is 5.92 Å². The van der Waals surface area contributed by atoms with Crippen LogP contribution in [0.4, 0.5) is 22.0 Å². The molecular formula is C10H9F5N2.